The van der Waals surface area contributed by atoms with Crippen LogP contribution in [0.15, 0.2) is 64.9 Å². The molecule has 3 N–H and O–H groups in total. The van der Waals surface area contributed by atoms with E-state index in [1.807, 2.05) is 37.3 Å². The van der Waals surface area contributed by atoms with E-state index in [2.05, 4.69) is 15.4 Å². The number of benzene rings is 1. The molecule has 2 heterocycles. The van der Waals surface area contributed by atoms with Crippen LogP contribution in [0.5, 0.6) is 5.75 Å². The summed E-state index contributed by atoms with van der Waals surface area (Å²) in [5.74, 6) is -0.134. The summed E-state index contributed by atoms with van der Waals surface area (Å²) in [6, 6.07) is 11.3. The van der Waals surface area contributed by atoms with Gasteiger partial charge in [0.15, 0.2) is 11.4 Å². The fourth-order valence-electron chi connectivity index (χ4n) is 2.83. The third-order valence-electron chi connectivity index (χ3n) is 4.18. The number of nitrogens with zero attached hydrogens (tertiary/aromatic N) is 3. The average molecular weight is 363 g/mol. The normalized spacial score (nSPS) is 11.5. The summed E-state index contributed by atoms with van der Waals surface area (Å²) >= 11 is 0. The molecule has 0 amide bonds. The number of aryl methyl sites for hydroxylation is 1. The Bertz CT molecular complexity index is 1040. The second-order valence-corrected chi connectivity index (χ2v) is 6.15. The van der Waals surface area contributed by atoms with Crippen molar-refractivity contribution in [1.82, 2.24) is 14.7 Å². The molecule has 3 aromatic rings. The number of hydrogen-bond acceptors (Lipinski definition) is 6. The molecule has 0 bridgehead atoms. The lowest BCUT2D eigenvalue weighted by Gasteiger charge is -2.09. The van der Waals surface area contributed by atoms with Gasteiger partial charge in [-0.2, -0.15) is 5.11 Å². The second kappa shape index (κ2) is 8.27. The highest BCUT2D eigenvalue weighted by Crippen LogP contribution is 2.23. The van der Waals surface area contributed by atoms with E-state index < -0.39 is 0 Å². The second-order valence-electron chi connectivity index (χ2n) is 6.15. The van der Waals surface area contributed by atoms with E-state index in [0.29, 0.717) is 29.8 Å². The smallest absolute Gasteiger partial charge is 0.261 e. The molecule has 27 heavy (non-hydrogen) atoms. The van der Waals surface area contributed by atoms with Crippen molar-refractivity contribution >= 4 is 11.3 Å². The first kappa shape index (κ1) is 18.3. The molecule has 1 aromatic carbocycles. The van der Waals surface area contributed by atoms with Crippen molar-refractivity contribution in [3.8, 4) is 5.75 Å². The monoisotopic (exact) mass is 363 g/mol. The van der Waals surface area contributed by atoms with Crippen molar-refractivity contribution in [2.45, 2.75) is 26.3 Å². The standard InChI is InChI=1S/C20H21N5O2/c1-2-6-15-11-23-19-18(26)9-16(13-25(19)20(15)27)17(24-21)12-22-10-14-7-4-3-5-8-14/h3-5,7-9,11-13,21-22,26H,2,6,10H2,1H3/b17-12-,24-21?. The van der Waals surface area contributed by atoms with Crippen molar-refractivity contribution < 1.29 is 5.11 Å². The van der Waals surface area contributed by atoms with Gasteiger partial charge in [-0.3, -0.25) is 9.20 Å². The lowest BCUT2D eigenvalue weighted by Crippen LogP contribution is -2.19. The maximum absolute atomic E-state index is 12.6. The number of fused-ring (bicyclic) bond motifs is 1. The van der Waals surface area contributed by atoms with Crippen LogP contribution in [0.2, 0.25) is 0 Å². The minimum absolute atomic E-state index is 0.134. The molecule has 0 aliphatic carbocycles. The van der Waals surface area contributed by atoms with Gasteiger partial charge in [-0.25, -0.2) is 10.5 Å². The topological polar surface area (TPSA) is 103 Å². The van der Waals surface area contributed by atoms with Gasteiger partial charge in [0.1, 0.15) is 5.70 Å². The number of aromatic hydroxyl groups is 1. The van der Waals surface area contributed by atoms with Crippen molar-refractivity contribution in [2.24, 2.45) is 5.11 Å². The number of nitrogens with one attached hydrogen (secondary N) is 2. The third kappa shape index (κ3) is 4.03. The van der Waals surface area contributed by atoms with Crippen LogP contribution in [0.4, 0.5) is 0 Å². The van der Waals surface area contributed by atoms with Gasteiger partial charge < -0.3 is 10.4 Å². The Labute approximate surface area is 156 Å². The molecule has 7 heteroatoms. The molecule has 0 saturated heterocycles. The Morgan fingerprint density at radius 3 is 2.85 bits per heavy atom. The van der Waals surface area contributed by atoms with Crippen LogP contribution in [0.25, 0.3) is 11.3 Å². The largest absolute Gasteiger partial charge is 0.504 e. The maximum atomic E-state index is 12.6. The predicted molar refractivity (Wildman–Crippen MR) is 104 cm³/mol. The number of aromatic nitrogens is 2. The summed E-state index contributed by atoms with van der Waals surface area (Å²) in [5, 5.41) is 16.9. The van der Waals surface area contributed by atoms with Gasteiger partial charge in [0.25, 0.3) is 5.56 Å². The van der Waals surface area contributed by atoms with Crippen LogP contribution in [0, 0.1) is 5.53 Å². The number of hydrogen-bond donors (Lipinski definition) is 3. The summed E-state index contributed by atoms with van der Waals surface area (Å²) in [6.45, 7) is 2.56. The lowest BCUT2D eigenvalue weighted by atomic mass is 10.2. The molecule has 0 spiro atoms. The minimum atomic E-state index is -0.222. The fourth-order valence-corrected chi connectivity index (χ4v) is 2.83. The van der Waals surface area contributed by atoms with Crippen LogP contribution >= 0.6 is 0 Å². The summed E-state index contributed by atoms with van der Waals surface area (Å²) in [7, 11) is 0. The third-order valence-corrected chi connectivity index (χ3v) is 4.18. The SMILES string of the molecule is CCCc1cnc2c(O)cc(/C(=C/NCc3ccccc3)N=N)cn2c1=O. The molecule has 138 valence electrons. The fraction of sp³-hybridized carbons (Fsp3) is 0.200. The van der Waals surface area contributed by atoms with Crippen LogP contribution in [-0.4, -0.2) is 14.5 Å². The van der Waals surface area contributed by atoms with Crippen LogP contribution in [0.3, 0.4) is 0 Å². The molecule has 3 rings (SSSR count). The Balaban J connectivity index is 1.95. The first-order chi connectivity index (χ1) is 13.1. The molecule has 2 aromatic heterocycles. The highest BCUT2D eigenvalue weighted by molar-refractivity contribution is 5.68. The molecular weight excluding hydrogens is 342 g/mol. The van der Waals surface area contributed by atoms with Gasteiger partial charge in [0.05, 0.1) is 0 Å². The Kier molecular flexibility index (Phi) is 5.61. The molecular formula is C20H21N5O2. The summed E-state index contributed by atoms with van der Waals surface area (Å²) in [4.78, 5) is 16.8. The van der Waals surface area contributed by atoms with Gasteiger partial charge in [0.2, 0.25) is 0 Å². The van der Waals surface area contributed by atoms with E-state index in [1.165, 1.54) is 16.7 Å². The molecule has 0 saturated carbocycles. The number of rotatable bonds is 7. The molecule has 7 nitrogen and oxygen atoms in total. The maximum Gasteiger partial charge on any atom is 0.261 e. The highest BCUT2D eigenvalue weighted by Gasteiger charge is 2.11. The summed E-state index contributed by atoms with van der Waals surface area (Å²) in [5.41, 5.74) is 9.84. The van der Waals surface area contributed by atoms with Crippen LogP contribution < -0.4 is 10.9 Å². The Morgan fingerprint density at radius 1 is 1.37 bits per heavy atom. The quantitative estimate of drug-likeness (QED) is 0.559. The zero-order chi connectivity index (χ0) is 19.2. The lowest BCUT2D eigenvalue weighted by molar-refractivity contribution is 0.476. The van der Waals surface area contributed by atoms with Crippen molar-refractivity contribution in [3.05, 3.63) is 82.0 Å². The van der Waals surface area contributed by atoms with E-state index in [1.54, 1.807) is 12.4 Å². The van der Waals surface area contributed by atoms with E-state index in [-0.39, 0.29) is 17.0 Å². The van der Waals surface area contributed by atoms with Crippen molar-refractivity contribution in [2.75, 3.05) is 0 Å². The molecule has 0 atom stereocenters. The van der Waals surface area contributed by atoms with Crippen LogP contribution in [0.1, 0.15) is 30.0 Å². The highest BCUT2D eigenvalue weighted by atomic mass is 16.3. The molecule has 0 unspecified atom stereocenters. The predicted octanol–water partition coefficient (Wildman–Crippen LogP) is 3.47. The van der Waals surface area contributed by atoms with Gasteiger partial charge in [-0.1, -0.05) is 43.7 Å². The van der Waals surface area contributed by atoms with E-state index in [9.17, 15) is 9.90 Å². The molecule has 0 aliphatic heterocycles. The van der Waals surface area contributed by atoms with Crippen LogP contribution in [-0.2, 0) is 13.0 Å². The average Bonchev–Trinajstić information content (AvgIpc) is 2.68. The molecule has 0 radical (unpaired) electrons. The summed E-state index contributed by atoms with van der Waals surface area (Å²) < 4.78 is 1.31. The van der Waals surface area contributed by atoms with Crippen molar-refractivity contribution in [3.63, 3.8) is 0 Å². The van der Waals surface area contributed by atoms with Gasteiger partial charge in [-0.15, -0.1) is 0 Å². The molecule has 0 fully saturated rings. The van der Waals surface area contributed by atoms with E-state index in [0.717, 1.165) is 12.0 Å². The zero-order valence-electron chi connectivity index (χ0n) is 15.0. The zero-order valence-corrected chi connectivity index (χ0v) is 15.0. The van der Waals surface area contributed by atoms with Gasteiger partial charge >= 0.3 is 0 Å². The van der Waals surface area contributed by atoms with Gasteiger partial charge in [0, 0.05) is 36.3 Å². The van der Waals surface area contributed by atoms with E-state index in [4.69, 9.17) is 5.53 Å². The first-order valence-electron chi connectivity index (χ1n) is 8.72. The number of pyridine rings is 1. The van der Waals surface area contributed by atoms with Gasteiger partial charge in [-0.05, 0) is 18.1 Å². The first-order valence-corrected chi connectivity index (χ1v) is 8.72. The minimum Gasteiger partial charge on any atom is -0.504 e. The Hall–Kier alpha value is -3.48. The molecule has 0 aliphatic rings. The van der Waals surface area contributed by atoms with Crippen molar-refractivity contribution in [1.29, 1.82) is 5.53 Å². The Morgan fingerprint density at radius 2 is 2.15 bits per heavy atom. The summed E-state index contributed by atoms with van der Waals surface area (Å²) in [6.07, 6.45) is 6.09. The van der Waals surface area contributed by atoms with E-state index >= 15 is 0 Å².